The van der Waals surface area contributed by atoms with E-state index in [4.69, 9.17) is 8.83 Å². The van der Waals surface area contributed by atoms with Crippen molar-refractivity contribution in [2.24, 2.45) is 0 Å². The first-order valence-corrected chi connectivity index (χ1v) is 11.6. The highest BCUT2D eigenvalue weighted by Gasteiger charge is 2.17. The number of benzene rings is 5. The molecule has 3 heterocycles. The van der Waals surface area contributed by atoms with Crippen molar-refractivity contribution in [1.29, 1.82) is 0 Å². The monoisotopic (exact) mass is 451 g/mol. The van der Waals surface area contributed by atoms with E-state index in [0.29, 0.717) is 11.0 Å². The molecule has 0 fully saturated rings. The molecule has 8 aromatic rings. The van der Waals surface area contributed by atoms with Gasteiger partial charge >= 0.3 is 5.63 Å². The first-order chi connectivity index (χ1) is 17.3. The van der Waals surface area contributed by atoms with Gasteiger partial charge in [-0.15, -0.1) is 0 Å². The first kappa shape index (κ1) is 18.6. The van der Waals surface area contributed by atoms with Crippen LogP contribution in [0, 0.1) is 0 Å². The van der Waals surface area contributed by atoms with E-state index >= 15 is 0 Å². The maximum atomic E-state index is 12.6. The summed E-state index contributed by atoms with van der Waals surface area (Å²) in [5.74, 6) is 0. The second-order valence-corrected chi connectivity index (χ2v) is 8.93. The predicted octanol–water partition coefficient (Wildman–Crippen LogP) is 7.94. The molecule has 0 bridgehead atoms. The number of rotatable bonds is 1. The summed E-state index contributed by atoms with van der Waals surface area (Å²) in [5, 5.41) is 6.75. The normalized spacial score (nSPS) is 12.1. The standard InChI is InChI=1S/C31H17NO3/c33-31-22-10-2-1-7-19(22)25-16-27-23(17-30(25)35-31)20-8-3-5-11-26(20)32(27)18-13-14-29-24(15-18)21-9-4-6-12-28(21)34-29/h1-17H. The summed E-state index contributed by atoms with van der Waals surface area (Å²) in [6.45, 7) is 0. The molecule has 0 radical (unpaired) electrons. The van der Waals surface area contributed by atoms with Gasteiger partial charge in [0.15, 0.2) is 0 Å². The minimum atomic E-state index is -0.312. The summed E-state index contributed by atoms with van der Waals surface area (Å²) in [6, 6.07) is 34.6. The smallest absolute Gasteiger partial charge is 0.344 e. The topological polar surface area (TPSA) is 48.3 Å². The molecule has 0 unspecified atom stereocenters. The summed E-state index contributed by atoms with van der Waals surface area (Å²) in [7, 11) is 0. The van der Waals surface area contributed by atoms with E-state index in [9.17, 15) is 4.79 Å². The van der Waals surface area contributed by atoms with Gasteiger partial charge in [-0.25, -0.2) is 4.79 Å². The molecule has 0 N–H and O–H groups in total. The minimum Gasteiger partial charge on any atom is -0.456 e. The number of aromatic nitrogens is 1. The van der Waals surface area contributed by atoms with Gasteiger partial charge in [0.25, 0.3) is 0 Å². The highest BCUT2D eigenvalue weighted by molar-refractivity contribution is 6.17. The molecule has 0 aliphatic heterocycles. The van der Waals surface area contributed by atoms with Crippen molar-refractivity contribution in [3.05, 3.63) is 114 Å². The van der Waals surface area contributed by atoms with E-state index < -0.39 is 0 Å². The Labute approximate surface area is 198 Å². The van der Waals surface area contributed by atoms with Crippen LogP contribution in [0.3, 0.4) is 0 Å². The molecule has 4 nitrogen and oxygen atoms in total. The van der Waals surface area contributed by atoms with Crippen LogP contribution in [-0.4, -0.2) is 4.57 Å². The van der Waals surface area contributed by atoms with Crippen molar-refractivity contribution in [1.82, 2.24) is 4.57 Å². The lowest BCUT2D eigenvalue weighted by atomic mass is 10.1. The highest BCUT2D eigenvalue weighted by Crippen LogP contribution is 2.38. The fraction of sp³-hybridized carbons (Fsp3) is 0. The predicted molar refractivity (Wildman–Crippen MR) is 142 cm³/mol. The third kappa shape index (κ3) is 2.48. The Bertz CT molecular complexity index is 2190. The quantitative estimate of drug-likeness (QED) is 0.188. The Kier molecular flexibility index (Phi) is 3.51. The lowest BCUT2D eigenvalue weighted by Crippen LogP contribution is -1.99. The third-order valence-electron chi connectivity index (χ3n) is 7.03. The van der Waals surface area contributed by atoms with Gasteiger partial charge < -0.3 is 13.4 Å². The molecule has 5 aromatic carbocycles. The number of nitrogens with zero attached hydrogens (tertiary/aromatic N) is 1. The lowest BCUT2D eigenvalue weighted by Gasteiger charge is -2.09. The van der Waals surface area contributed by atoms with Crippen LogP contribution in [0.5, 0.6) is 0 Å². The molecule has 0 saturated heterocycles. The maximum Gasteiger partial charge on any atom is 0.344 e. The molecule has 0 saturated carbocycles. The average Bonchev–Trinajstić information content (AvgIpc) is 3.43. The van der Waals surface area contributed by atoms with E-state index in [1.54, 1.807) is 0 Å². The highest BCUT2D eigenvalue weighted by atomic mass is 16.4. The molecule has 3 aromatic heterocycles. The van der Waals surface area contributed by atoms with Crippen LogP contribution in [-0.2, 0) is 0 Å². The van der Waals surface area contributed by atoms with E-state index in [1.165, 1.54) is 0 Å². The molecule has 0 spiro atoms. The summed E-state index contributed by atoms with van der Waals surface area (Å²) in [4.78, 5) is 12.6. The summed E-state index contributed by atoms with van der Waals surface area (Å²) in [5.41, 5.74) is 5.25. The zero-order chi connectivity index (χ0) is 23.1. The first-order valence-electron chi connectivity index (χ1n) is 11.6. The Morgan fingerprint density at radius 2 is 1.14 bits per heavy atom. The van der Waals surface area contributed by atoms with Crippen LogP contribution in [0.15, 0.2) is 117 Å². The van der Waals surface area contributed by atoms with Crippen molar-refractivity contribution in [3.8, 4) is 5.69 Å². The Hall–Kier alpha value is -4.83. The van der Waals surface area contributed by atoms with Crippen molar-refractivity contribution in [2.45, 2.75) is 0 Å². The third-order valence-corrected chi connectivity index (χ3v) is 7.03. The van der Waals surface area contributed by atoms with E-state index in [0.717, 1.165) is 60.2 Å². The van der Waals surface area contributed by atoms with Crippen LogP contribution in [0.1, 0.15) is 0 Å². The van der Waals surface area contributed by atoms with Crippen LogP contribution >= 0.6 is 0 Å². The zero-order valence-electron chi connectivity index (χ0n) is 18.5. The molecular weight excluding hydrogens is 434 g/mol. The molecule has 0 atom stereocenters. The van der Waals surface area contributed by atoms with Crippen molar-refractivity contribution >= 4 is 65.5 Å². The minimum absolute atomic E-state index is 0.312. The lowest BCUT2D eigenvalue weighted by molar-refractivity contribution is 0.570. The van der Waals surface area contributed by atoms with Gasteiger partial charge in [0.05, 0.1) is 16.4 Å². The largest absolute Gasteiger partial charge is 0.456 e. The molecule has 4 heteroatoms. The fourth-order valence-electron chi connectivity index (χ4n) is 5.47. The van der Waals surface area contributed by atoms with Crippen molar-refractivity contribution in [2.75, 3.05) is 0 Å². The number of para-hydroxylation sites is 2. The van der Waals surface area contributed by atoms with Gasteiger partial charge in [-0.05, 0) is 53.9 Å². The molecule has 0 amide bonds. The average molecular weight is 451 g/mol. The van der Waals surface area contributed by atoms with Crippen LogP contribution in [0.4, 0.5) is 0 Å². The Morgan fingerprint density at radius 1 is 0.457 bits per heavy atom. The van der Waals surface area contributed by atoms with Gasteiger partial charge in [0.2, 0.25) is 0 Å². The maximum absolute atomic E-state index is 12.6. The number of hydrogen-bond donors (Lipinski definition) is 0. The second kappa shape index (κ2) is 6.61. The second-order valence-electron chi connectivity index (χ2n) is 8.93. The number of hydrogen-bond acceptors (Lipinski definition) is 3. The van der Waals surface area contributed by atoms with E-state index in [2.05, 4.69) is 47.0 Å². The molecular formula is C31H17NO3. The fourth-order valence-corrected chi connectivity index (χ4v) is 5.47. The Balaban J connectivity index is 1.54. The van der Waals surface area contributed by atoms with Gasteiger partial charge in [-0.1, -0.05) is 54.6 Å². The van der Waals surface area contributed by atoms with Crippen LogP contribution < -0.4 is 5.63 Å². The molecule has 0 aliphatic rings. The zero-order valence-corrected chi connectivity index (χ0v) is 18.5. The van der Waals surface area contributed by atoms with Crippen molar-refractivity contribution < 1.29 is 8.83 Å². The molecule has 0 aliphatic carbocycles. The van der Waals surface area contributed by atoms with Gasteiger partial charge in [0, 0.05) is 32.6 Å². The molecule has 35 heavy (non-hydrogen) atoms. The molecule has 164 valence electrons. The summed E-state index contributed by atoms with van der Waals surface area (Å²) in [6.07, 6.45) is 0. The van der Waals surface area contributed by atoms with Gasteiger partial charge in [-0.2, -0.15) is 0 Å². The summed E-state index contributed by atoms with van der Waals surface area (Å²) >= 11 is 0. The van der Waals surface area contributed by atoms with Crippen molar-refractivity contribution in [3.63, 3.8) is 0 Å². The molecule has 8 rings (SSSR count). The number of furan rings is 1. The van der Waals surface area contributed by atoms with Gasteiger partial charge in [0.1, 0.15) is 16.7 Å². The van der Waals surface area contributed by atoms with E-state index in [1.807, 2.05) is 60.7 Å². The van der Waals surface area contributed by atoms with Gasteiger partial charge in [-0.3, -0.25) is 0 Å². The van der Waals surface area contributed by atoms with Crippen LogP contribution in [0.2, 0.25) is 0 Å². The Morgan fingerprint density at radius 3 is 2.03 bits per heavy atom. The van der Waals surface area contributed by atoms with Crippen LogP contribution in [0.25, 0.3) is 71.2 Å². The SMILES string of the molecule is O=c1oc2cc3c4ccccc4n(-c4ccc5oc6ccccc6c5c4)c3cc2c2ccccc12. The summed E-state index contributed by atoms with van der Waals surface area (Å²) < 4.78 is 14.1. The van der Waals surface area contributed by atoms with E-state index in [-0.39, 0.29) is 5.63 Å². The number of fused-ring (bicyclic) bond motifs is 9.